The molecular weight excluding hydrogens is 450 g/mol. The summed E-state index contributed by atoms with van der Waals surface area (Å²) >= 11 is 6.05. The lowest BCUT2D eigenvalue weighted by atomic mass is 9.98. The van der Waals surface area contributed by atoms with Crippen molar-refractivity contribution < 1.29 is 9.59 Å². The fourth-order valence-electron chi connectivity index (χ4n) is 3.48. The molecule has 3 aromatic rings. The van der Waals surface area contributed by atoms with Crippen LogP contribution in [0.25, 0.3) is 0 Å². The highest BCUT2D eigenvalue weighted by Gasteiger charge is 2.23. The average molecular weight is 480 g/mol. The number of carbonyl (C=O) groups excluding carboxylic acids is 2. The largest absolute Gasteiger partial charge is 0.352 e. The molecule has 0 aliphatic heterocycles. The van der Waals surface area contributed by atoms with Gasteiger partial charge in [0, 0.05) is 30.0 Å². The smallest absolute Gasteiger partial charge is 0.257 e. The molecule has 0 spiro atoms. The van der Waals surface area contributed by atoms with Gasteiger partial charge in [-0.2, -0.15) is 0 Å². The second kappa shape index (κ2) is 11.2. The fourth-order valence-corrected chi connectivity index (χ4v) is 3.61. The van der Waals surface area contributed by atoms with Gasteiger partial charge in [0.15, 0.2) is 0 Å². The van der Waals surface area contributed by atoms with Crippen LogP contribution in [0.2, 0.25) is 5.02 Å². The highest BCUT2D eigenvalue weighted by atomic mass is 35.5. The highest BCUT2D eigenvalue weighted by molar-refractivity contribution is 6.30. The molecule has 0 saturated carbocycles. The van der Waals surface area contributed by atoms with Crippen molar-refractivity contribution in [3.63, 3.8) is 0 Å². The first kappa shape index (κ1) is 25.2. The van der Waals surface area contributed by atoms with Crippen LogP contribution in [-0.4, -0.2) is 22.9 Å². The van der Waals surface area contributed by atoms with Crippen LogP contribution in [0.15, 0.2) is 71.8 Å². The Morgan fingerprint density at radius 1 is 0.853 bits per heavy atom. The van der Waals surface area contributed by atoms with Gasteiger partial charge >= 0.3 is 0 Å². The summed E-state index contributed by atoms with van der Waals surface area (Å²) in [6.07, 6.45) is 3.01. The standard InChI is InChI=1S/C27H30ClN3O3/c1-17(2)14-29-26(33)22-15-31(18(3)4)16-23(25(22)32)27(34)30-24(19-8-6-5-7-9-19)20-10-12-21(28)13-11-20/h5-13,15-18,24H,14H2,1-4H3,(H,29,33)(H,30,34). The number of hydrogen-bond acceptors (Lipinski definition) is 3. The summed E-state index contributed by atoms with van der Waals surface area (Å²) in [4.78, 5) is 39.4. The maximum absolute atomic E-state index is 13.4. The van der Waals surface area contributed by atoms with E-state index in [2.05, 4.69) is 10.6 Å². The summed E-state index contributed by atoms with van der Waals surface area (Å²) in [5.74, 6) is -0.810. The van der Waals surface area contributed by atoms with Crippen LogP contribution in [-0.2, 0) is 0 Å². The number of nitrogens with one attached hydrogen (secondary N) is 2. The minimum absolute atomic E-state index is 0.0509. The minimum atomic E-state index is -0.599. The van der Waals surface area contributed by atoms with E-state index in [0.29, 0.717) is 11.6 Å². The molecule has 0 aliphatic carbocycles. The maximum atomic E-state index is 13.4. The summed E-state index contributed by atoms with van der Waals surface area (Å²) < 4.78 is 1.71. The number of aromatic nitrogens is 1. The van der Waals surface area contributed by atoms with Gasteiger partial charge in [0.05, 0.1) is 6.04 Å². The number of rotatable bonds is 8. The van der Waals surface area contributed by atoms with E-state index in [0.717, 1.165) is 11.1 Å². The summed E-state index contributed by atoms with van der Waals surface area (Å²) in [5, 5.41) is 6.34. The molecule has 1 unspecified atom stereocenters. The van der Waals surface area contributed by atoms with Gasteiger partial charge in [0.1, 0.15) is 11.1 Å². The second-order valence-electron chi connectivity index (χ2n) is 8.93. The molecule has 2 aromatic carbocycles. The predicted molar refractivity (Wildman–Crippen MR) is 135 cm³/mol. The van der Waals surface area contributed by atoms with E-state index in [1.165, 1.54) is 12.4 Å². The average Bonchev–Trinajstić information content (AvgIpc) is 2.82. The zero-order valence-corrected chi connectivity index (χ0v) is 20.6. The summed E-state index contributed by atoms with van der Waals surface area (Å²) in [6.45, 7) is 8.21. The fraction of sp³-hybridized carbons (Fsp3) is 0.296. The molecule has 2 N–H and O–H groups in total. The van der Waals surface area contributed by atoms with Crippen LogP contribution < -0.4 is 16.1 Å². The van der Waals surface area contributed by atoms with E-state index in [1.807, 2.05) is 70.2 Å². The summed E-state index contributed by atoms with van der Waals surface area (Å²) in [6, 6.07) is 16.1. The van der Waals surface area contributed by atoms with E-state index in [-0.39, 0.29) is 23.1 Å². The monoisotopic (exact) mass is 479 g/mol. The molecule has 3 rings (SSSR count). The van der Waals surface area contributed by atoms with Crippen LogP contribution in [0.3, 0.4) is 0 Å². The number of carbonyl (C=O) groups is 2. The Bertz CT molecular complexity index is 1200. The van der Waals surface area contributed by atoms with Gasteiger partial charge in [0.2, 0.25) is 5.43 Å². The van der Waals surface area contributed by atoms with Crippen LogP contribution >= 0.6 is 11.6 Å². The Hall–Kier alpha value is -3.38. The van der Waals surface area contributed by atoms with Crippen molar-refractivity contribution in [2.24, 2.45) is 5.92 Å². The quantitative estimate of drug-likeness (QED) is 0.477. The molecule has 7 heteroatoms. The van der Waals surface area contributed by atoms with Crippen molar-refractivity contribution in [2.45, 2.75) is 39.8 Å². The molecule has 0 saturated heterocycles. The normalized spacial score (nSPS) is 12.0. The van der Waals surface area contributed by atoms with Gasteiger partial charge in [-0.15, -0.1) is 0 Å². The Balaban J connectivity index is 2.01. The first-order valence-corrected chi connectivity index (χ1v) is 11.7. The zero-order chi connectivity index (χ0) is 24.8. The van der Waals surface area contributed by atoms with Gasteiger partial charge < -0.3 is 15.2 Å². The number of benzene rings is 2. The van der Waals surface area contributed by atoms with Crippen molar-refractivity contribution in [1.29, 1.82) is 0 Å². The van der Waals surface area contributed by atoms with Crippen LogP contribution in [0.1, 0.15) is 71.6 Å². The predicted octanol–water partition coefficient (Wildman–Crippen LogP) is 4.99. The first-order valence-electron chi connectivity index (χ1n) is 11.3. The molecule has 2 amide bonds. The molecule has 0 fully saturated rings. The highest BCUT2D eigenvalue weighted by Crippen LogP contribution is 2.24. The lowest BCUT2D eigenvalue weighted by molar-refractivity contribution is 0.0940. The van der Waals surface area contributed by atoms with Gasteiger partial charge in [-0.3, -0.25) is 14.4 Å². The third-order valence-electron chi connectivity index (χ3n) is 5.41. The first-order chi connectivity index (χ1) is 16.2. The van der Waals surface area contributed by atoms with E-state index in [9.17, 15) is 14.4 Å². The number of nitrogens with zero attached hydrogens (tertiary/aromatic N) is 1. The van der Waals surface area contributed by atoms with Crippen molar-refractivity contribution in [1.82, 2.24) is 15.2 Å². The number of pyridine rings is 1. The zero-order valence-electron chi connectivity index (χ0n) is 19.8. The molecule has 0 bridgehead atoms. The molecule has 0 radical (unpaired) electrons. The summed E-state index contributed by atoms with van der Waals surface area (Å²) in [5.41, 5.74) is 0.941. The molecule has 6 nitrogen and oxygen atoms in total. The molecular formula is C27H30ClN3O3. The topological polar surface area (TPSA) is 80.2 Å². The summed E-state index contributed by atoms with van der Waals surface area (Å²) in [7, 11) is 0. The molecule has 178 valence electrons. The molecule has 1 aromatic heterocycles. The number of amides is 2. The number of hydrogen-bond donors (Lipinski definition) is 2. The van der Waals surface area contributed by atoms with Crippen molar-refractivity contribution in [3.8, 4) is 0 Å². The van der Waals surface area contributed by atoms with Gasteiger partial charge in [-0.05, 0) is 43.0 Å². The Morgan fingerprint density at radius 2 is 1.41 bits per heavy atom. The molecule has 1 heterocycles. The van der Waals surface area contributed by atoms with Crippen molar-refractivity contribution >= 4 is 23.4 Å². The number of halogens is 1. The van der Waals surface area contributed by atoms with Crippen LogP contribution in [0.4, 0.5) is 0 Å². The van der Waals surface area contributed by atoms with E-state index >= 15 is 0 Å². The molecule has 1 atom stereocenters. The third-order valence-corrected chi connectivity index (χ3v) is 5.67. The van der Waals surface area contributed by atoms with Crippen molar-refractivity contribution in [3.05, 3.63) is 104 Å². The Labute approximate surface area is 205 Å². The van der Waals surface area contributed by atoms with Crippen LogP contribution in [0.5, 0.6) is 0 Å². The lowest BCUT2D eigenvalue weighted by Gasteiger charge is -2.21. The third kappa shape index (κ3) is 6.14. The lowest BCUT2D eigenvalue weighted by Crippen LogP contribution is -2.37. The van der Waals surface area contributed by atoms with Crippen LogP contribution in [0, 0.1) is 5.92 Å². The maximum Gasteiger partial charge on any atom is 0.257 e. The molecule has 0 aliphatic rings. The van der Waals surface area contributed by atoms with E-state index in [4.69, 9.17) is 11.6 Å². The second-order valence-corrected chi connectivity index (χ2v) is 9.36. The van der Waals surface area contributed by atoms with Gasteiger partial charge in [0.25, 0.3) is 11.8 Å². The van der Waals surface area contributed by atoms with Crippen molar-refractivity contribution in [2.75, 3.05) is 6.54 Å². The minimum Gasteiger partial charge on any atom is -0.352 e. The Kier molecular flexibility index (Phi) is 8.29. The Morgan fingerprint density at radius 3 is 1.97 bits per heavy atom. The van der Waals surface area contributed by atoms with E-state index in [1.54, 1.807) is 16.7 Å². The SMILES string of the molecule is CC(C)CNC(=O)c1cn(C(C)C)cc(C(=O)NC(c2ccccc2)c2ccc(Cl)cc2)c1=O. The van der Waals surface area contributed by atoms with Gasteiger partial charge in [-0.25, -0.2) is 0 Å². The van der Waals surface area contributed by atoms with Gasteiger partial charge in [-0.1, -0.05) is 67.9 Å². The van der Waals surface area contributed by atoms with E-state index < -0.39 is 23.3 Å². The molecule has 34 heavy (non-hydrogen) atoms.